The Labute approximate surface area is 250 Å². The monoisotopic (exact) mass is 606 g/mol. The van der Waals surface area contributed by atoms with Crippen LogP contribution < -0.4 is 10.1 Å². The number of halogens is 3. The molecule has 1 amide bonds. The summed E-state index contributed by atoms with van der Waals surface area (Å²) in [5.41, 5.74) is 1.13. The van der Waals surface area contributed by atoms with Gasteiger partial charge in [-0.2, -0.15) is 5.10 Å². The Morgan fingerprint density at radius 3 is 2.79 bits per heavy atom. The Balaban J connectivity index is 1.36. The molecule has 3 aliphatic heterocycles. The molecule has 0 radical (unpaired) electrons. The van der Waals surface area contributed by atoms with E-state index in [0.717, 1.165) is 18.4 Å². The largest absolute Gasteiger partial charge is 0.478 e. The van der Waals surface area contributed by atoms with Crippen molar-refractivity contribution in [3.05, 3.63) is 87.2 Å². The number of hydrogen-bond acceptors (Lipinski definition) is 5. The maximum Gasteiger partial charge on any atom is 0.335 e. The molecule has 8 nitrogen and oxygen atoms in total. The molecular formula is C31H25Cl2FN4O4. The zero-order chi connectivity index (χ0) is 28.9. The predicted octanol–water partition coefficient (Wildman–Crippen LogP) is 5.91. The van der Waals surface area contributed by atoms with Crippen LogP contribution in [0.2, 0.25) is 10.0 Å². The van der Waals surface area contributed by atoms with Crippen molar-refractivity contribution in [1.82, 2.24) is 14.7 Å². The Hall–Kier alpha value is -3.66. The van der Waals surface area contributed by atoms with Crippen LogP contribution in [0.15, 0.2) is 54.6 Å². The Bertz CT molecular complexity index is 1820. The van der Waals surface area contributed by atoms with Gasteiger partial charge in [0.05, 0.1) is 27.5 Å². The zero-order valence-corrected chi connectivity index (χ0v) is 23.7. The fraction of sp³-hybridized carbons (Fsp3) is 0.323. The summed E-state index contributed by atoms with van der Waals surface area (Å²) in [6.45, 7) is 1.23. The topological polar surface area (TPSA) is 96.7 Å². The Morgan fingerprint density at radius 1 is 1.17 bits per heavy atom. The van der Waals surface area contributed by atoms with Gasteiger partial charge in [-0.3, -0.25) is 9.69 Å². The van der Waals surface area contributed by atoms with Crippen LogP contribution in [0, 0.1) is 17.7 Å². The van der Waals surface area contributed by atoms with Crippen LogP contribution in [0.25, 0.3) is 10.9 Å². The molecule has 1 aromatic heterocycles. The minimum atomic E-state index is -1.23. The third-order valence-electron chi connectivity index (χ3n) is 9.39. The van der Waals surface area contributed by atoms with E-state index in [1.54, 1.807) is 35.0 Å². The van der Waals surface area contributed by atoms with Gasteiger partial charge in [-0.1, -0.05) is 41.4 Å². The first-order chi connectivity index (χ1) is 20.3. The van der Waals surface area contributed by atoms with E-state index in [1.165, 1.54) is 18.2 Å². The number of carboxylic acids is 1. The van der Waals surface area contributed by atoms with Crippen LogP contribution in [0.3, 0.4) is 0 Å². The summed E-state index contributed by atoms with van der Waals surface area (Å²) in [5, 5.41) is 18.5. The SMILES string of the molecule is O=C(O)c1ccc2c3n(nc2c1)C[C@@H]1[C@H](CO3)N(CC2CC2)[C@@]2(C(=O)Nc3cc(Cl)ccc32)[C@H]1c1cccc(Cl)c1F. The summed E-state index contributed by atoms with van der Waals surface area (Å²) in [6, 6.07) is 14.8. The van der Waals surface area contributed by atoms with Gasteiger partial charge >= 0.3 is 5.97 Å². The number of nitrogens with zero attached hydrogens (tertiary/aromatic N) is 3. The number of aromatic carboxylic acids is 1. The van der Waals surface area contributed by atoms with Gasteiger partial charge in [-0.15, -0.1) is 0 Å². The quantitative estimate of drug-likeness (QED) is 0.299. The van der Waals surface area contributed by atoms with Gasteiger partial charge in [0.1, 0.15) is 18.0 Å². The molecule has 1 spiro atoms. The maximum absolute atomic E-state index is 16.1. The van der Waals surface area contributed by atoms with Gasteiger partial charge in [0, 0.05) is 41.2 Å². The van der Waals surface area contributed by atoms with Gasteiger partial charge < -0.3 is 15.2 Å². The molecule has 11 heteroatoms. The van der Waals surface area contributed by atoms with Crippen molar-refractivity contribution in [2.24, 2.45) is 11.8 Å². The maximum atomic E-state index is 16.1. The number of fused-ring (bicyclic) bond motifs is 6. The van der Waals surface area contributed by atoms with Crippen molar-refractivity contribution < 1.29 is 23.8 Å². The number of anilines is 1. The molecule has 0 bridgehead atoms. The molecule has 42 heavy (non-hydrogen) atoms. The van der Waals surface area contributed by atoms with Crippen molar-refractivity contribution in [2.75, 3.05) is 18.5 Å². The van der Waals surface area contributed by atoms with E-state index < -0.39 is 23.2 Å². The zero-order valence-electron chi connectivity index (χ0n) is 22.2. The molecule has 3 aromatic carbocycles. The Morgan fingerprint density at radius 2 is 2.00 bits per heavy atom. The number of likely N-dealkylation sites (tertiary alicyclic amines) is 1. The van der Waals surface area contributed by atoms with Crippen LogP contribution in [0.1, 0.15) is 40.2 Å². The first-order valence-corrected chi connectivity index (χ1v) is 14.7. The number of carboxylic acid groups (broad SMARTS) is 1. The number of hydrogen-bond donors (Lipinski definition) is 2. The lowest BCUT2D eigenvalue weighted by atomic mass is 9.71. The lowest BCUT2D eigenvalue weighted by molar-refractivity contribution is -0.128. The molecular weight excluding hydrogens is 582 g/mol. The molecule has 214 valence electrons. The number of nitrogens with one attached hydrogen (secondary N) is 1. The molecule has 1 saturated heterocycles. The van der Waals surface area contributed by atoms with Crippen molar-refractivity contribution in [3.63, 3.8) is 0 Å². The van der Waals surface area contributed by atoms with Crippen molar-refractivity contribution in [3.8, 4) is 5.88 Å². The summed E-state index contributed by atoms with van der Waals surface area (Å²) in [5.74, 6) is -1.81. The Kier molecular flexibility index (Phi) is 5.68. The van der Waals surface area contributed by atoms with Crippen LogP contribution in [0.4, 0.5) is 10.1 Å². The van der Waals surface area contributed by atoms with Gasteiger partial charge in [-0.05, 0) is 60.7 Å². The lowest BCUT2D eigenvalue weighted by Crippen LogP contribution is -2.53. The van der Waals surface area contributed by atoms with Crippen molar-refractivity contribution in [1.29, 1.82) is 0 Å². The molecule has 1 aliphatic carbocycles. The lowest BCUT2D eigenvalue weighted by Gasteiger charge is -2.40. The van der Waals surface area contributed by atoms with E-state index in [1.807, 2.05) is 6.07 Å². The first-order valence-electron chi connectivity index (χ1n) is 14.0. The summed E-state index contributed by atoms with van der Waals surface area (Å²) in [7, 11) is 0. The molecule has 4 heterocycles. The highest BCUT2D eigenvalue weighted by atomic mass is 35.5. The molecule has 8 rings (SSSR count). The molecule has 2 fully saturated rings. The van der Waals surface area contributed by atoms with Crippen molar-refractivity contribution >= 4 is 51.7 Å². The number of ether oxygens (including phenoxy) is 1. The van der Waals surface area contributed by atoms with E-state index in [0.29, 0.717) is 52.1 Å². The highest BCUT2D eigenvalue weighted by Crippen LogP contribution is 2.61. The van der Waals surface area contributed by atoms with E-state index in [-0.39, 0.29) is 35.1 Å². The predicted molar refractivity (Wildman–Crippen MR) is 155 cm³/mol. The highest BCUT2D eigenvalue weighted by molar-refractivity contribution is 6.31. The minimum Gasteiger partial charge on any atom is -0.478 e. The smallest absolute Gasteiger partial charge is 0.335 e. The summed E-state index contributed by atoms with van der Waals surface area (Å²) < 4.78 is 24.3. The van der Waals surface area contributed by atoms with Crippen molar-refractivity contribution in [2.45, 2.75) is 36.9 Å². The van der Waals surface area contributed by atoms with Crippen LogP contribution in [-0.4, -0.2) is 50.9 Å². The summed E-state index contributed by atoms with van der Waals surface area (Å²) in [6.07, 6.45) is 2.13. The van der Waals surface area contributed by atoms with Gasteiger partial charge in [0.15, 0.2) is 0 Å². The number of carbonyl (C=O) groups excluding carboxylic acids is 1. The number of aromatic nitrogens is 2. The van der Waals surface area contributed by atoms with Gasteiger partial charge in [0.25, 0.3) is 0 Å². The third kappa shape index (κ3) is 3.60. The molecule has 1 saturated carbocycles. The normalized spacial score (nSPS) is 26.5. The second kappa shape index (κ2) is 9.17. The van der Waals surface area contributed by atoms with Crippen LogP contribution in [0.5, 0.6) is 5.88 Å². The third-order valence-corrected chi connectivity index (χ3v) is 9.92. The fourth-order valence-electron chi connectivity index (χ4n) is 7.49. The van der Waals surface area contributed by atoms with Crippen LogP contribution >= 0.6 is 23.2 Å². The summed E-state index contributed by atoms with van der Waals surface area (Å²) in [4.78, 5) is 28.3. The highest BCUT2D eigenvalue weighted by Gasteiger charge is 2.68. The van der Waals surface area contributed by atoms with E-state index in [9.17, 15) is 14.7 Å². The second-order valence-corrected chi connectivity index (χ2v) is 12.5. The van der Waals surface area contributed by atoms with Gasteiger partial charge in [0.2, 0.25) is 11.8 Å². The molecule has 4 atom stereocenters. The summed E-state index contributed by atoms with van der Waals surface area (Å²) >= 11 is 12.7. The van der Waals surface area contributed by atoms with E-state index in [4.69, 9.17) is 33.0 Å². The number of carbonyl (C=O) groups is 2. The van der Waals surface area contributed by atoms with E-state index in [2.05, 4.69) is 10.2 Å². The first kappa shape index (κ1) is 26.0. The minimum absolute atomic E-state index is 0.00818. The molecule has 4 aliphatic rings. The van der Waals surface area contributed by atoms with Crippen LogP contribution in [-0.2, 0) is 16.9 Å². The molecule has 2 N–H and O–H groups in total. The van der Waals surface area contributed by atoms with E-state index >= 15 is 4.39 Å². The average Bonchev–Trinajstić information content (AvgIpc) is 3.63. The molecule has 4 aromatic rings. The fourth-order valence-corrected chi connectivity index (χ4v) is 7.84. The number of rotatable bonds is 4. The van der Waals surface area contributed by atoms with Gasteiger partial charge in [-0.25, -0.2) is 13.9 Å². The number of amides is 1. The second-order valence-electron chi connectivity index (χ2n) is 11.7. The number of benzene rings is 3. The average molecular weight is 607 g/mol. The molecule has 0 unspecified atom stereocenters. The standard InChI is InChI=1S/C31H25Cl2FN4O4/c32-17-7-9-21-24(11-17)35-30(41)31(21)26(19-2-1-3-22(33)27(19)34)20-13-38-28(42-14-25(20)37(31)12-15-4-5-15)18-8-6-16(29(39)40)10-23(18)36-38/h1-3,6-11,15,20,25-26H,4-5,12-14H2,(H,35,41)(H,39,40)/t20-,25+,26+,31-/m1/s1.